The summed E-state index contributed by atoms with van der Waals surface area (Å²) in [7, 11) is 3.05. The maximum atomic E-state index is 11.0. The van der Waals surface area contributed by atoms with E-state index in [4.69, 9.17) is 35.6 Å². The lowest BCUT2D eigenvalue weighted by molar-refractivity contribution is -0.170. The summed E-state index contributed by atoms with van der Waals surface area (Å²) >= 11 is 0. The van der Waals surface area contributed by atoms with Crippen LogP contribution in [-0.2, 0) is 19.2 Å². The highest BCUT2D eigenvalue weighted by atomic mass is 16.5. The lowest BCUT2D eigenvalue weighted by atomic mass is 9.96. The van der Waals surface area contributed by atoms with E-state index in [1.807, 2.05) is 0 Å². The summed E-state index contributed by atoms with van der Waals surface area (Å²) in [6, 6.07) is 5.09. The lowest BCUT2D eigenvalue weighted by Gasteiger charge is -2.18. The van der Waals surface area contributed by atoms with Crippen molar-refractivity contribution >= 4 is 23.8 Å². The fourth-order valence-electron chi connectivity index (χ4n) is 2.21. The highest BCUT2D eigenvalue weighted by Crippen LogP contribution is 2.29. The molecule has 31 heavy (non-hydrogen) atoms. The van der Waals surface area contributed by atoms with Gasteiger partial charge < -0.3 is 46.1 Å². The molecule has 0 fully saturated rings. The largest absolute Gasteiger partial charge is 0.497 e. The Morgan fingerprint density at radius 2 is 1.61 bits per heavy atom. The zero-order valence-electron chi connectivity index (χ0n) is 16.9. The number of aliphatic hydroxyl groups is 2. The second-order valence-electron chi connectivity index (χ2n) is 6.11. The van der Waals surface area contributed by atoms with Gasteiger partial charge in [0.05, 0.1) is 39.7 Å². The third-order valence-corrected chi connectivity index (χ3v) is 3.76. The Balaban J connectivity index is 0.000000615. The number of aliphatic hydroxyl groups excluding tert-OH is 1. The Labute approximate surface area is 177 Å². The van der Waals surface area contributed by atoms with Crippen molar-refractivity contribution in [2.75, 3.05) is 27.3 Å². The summed E-state index contributed by atoms with van der Waals surface area (Å²) < 4.78 is 10.2. The molecule has 1 aromatic rings. The molecule has 8 N–H and O–H groups in total. The van der Waals surface area contributed by atoms with Crippen LogP contribution in [0.15, 0.2) is 18.2 Å². The lowest BCUT2D eigenvalue weighted by Crippen LogP contribution is -2.42. The molecule has 1 amide bonds. The first-order valence-electron chi connectivity index (χ1n) is 8.66. The van der Waals surface area contributed by atoms with Crippen LogP contribution in [-0.4, -0.2) is 82.3 Å². The molecular formula is C18H26N2O11. The monoisotopic (exact) mass is 446 g/mol. The predicted molar refractivity (Wildman–Crippen MR) is 104 cm³/mol. The molecule has 13 nitrogen and oxygen atoms in total. The van der Waals surface area contributed by atoms with Crippen LogP contribution >= 0.6 is 0 Å². The van der Waals surface area contributed by atoms with Gasteiger partial charge in [-0.3, -0.25) is 14.4 Å². The number of ether oxygens (including phenoxy) is 2. The standard InChI is InChI=1S/C12H18N2O4.C6H8O7/c1-17-8-3-4-11(18-2)9(5-8)10(15)7-14-12(16)6-13;7-3(8)1-6(13,5(11)12)2-4(9)10/h3-5,10,15H,6-7,13H2,1-2H3,(H,14,16);13H,1-2H2,(H,7,8)(H,9,10)(H,11,12). The van der Waals surface area contributed by atoms with Gasteiger partial charge in [-0.15, -0.1) is 0 Å². The van der Waals surface area contributed by atoms with Crippen molar-refractivity contribution in [2.45, 2.75) is 24.5 Å². The highest BCUT2D eigenvalue weighted by Gasteiger charge is 2.40. The van der Waals surface area contributed by atoms with Crippen LogP contribution < -0.4 is 20.5 Å². The summed E-state index contributed by atoms with van der Waals surface area (Å²) in [5.74, 6) is -4.20. The first-order chi connectivity index (χ1) is 14.4. The van der Waals surface area contributed by atoms with Gasteiger partial charge in [-0.05, 0) is 18.2 Å². The van der Waals surface area contributed by atoms with Crippen LogP contribution in [0.1, 0.15) is 24.5 Å². The van der Waals surface area contributed by atoms with Gasteiger partial charge in [0.15, 0.2) is 5.60 Å². The van der Waals surface area contributed by atoms with Crippen molar-refractivity contribution < 1.29 is 54.2 Å². The number of carboxylic acid groups (broad SMARTS) is 3. The molecule has 0 aliphatic heterocycles. The van der Waals surface area contributed by atoms with E-state index in [1.165, 1.54) is 14.2 Å². The molecule has 0 radical (unpaired) electrons. The summed E-state index contributed by atoms with van der Waals surface area (Å²) in [5, 5.41) is 46.3. The van der Waals surface area contributed by atoms with Crippen LogP contribution in [0.25, 0.3) is 0 Å². The fraction of sp³-hybridized carbons (Fsp3) is 0.444. The van der Waals surface area contributed by atoms with E-state index in [1.54, 1.807) is 18.2 Å². The summed E-state index contributed by atoms with van der Waals surface area (Å²) in [6.07, 6.45) is -3.17. The second-order valence-corrected chi connectivity index (χ2v) is 6.11. The number of amides is 1. The van der Waals surface area contributed by atoms with Gasteiger partial charge >= 0.3 is 17.9 Å². The third-order valence-electron chi connectivity index (χ3n) is 3.76. The Hall–Kier alpha value is -3.42. The second kappa shape index (κ2) is 13.0. The Bertz CT molecular complexity index is 766. The van der Waals surface area contributed by atoms with Crippen LogP contribution in [0.5, 0.6) is 11.5 Å². The first-order valence-corrected chi connectivity index (χ1v) is 8.66. The molecule has 1 aromatic carbocycles. The molecule has 0 aromatic heterocycles. The maximum absolute atomic E-state index is 11.0. The molecule has 0 heterocycles. The quantitative estimate of drug-likeness (QED) is 0.207. The number of carboxylic acids is 3. The van der Waals surface area contributed by atoms with Gasteiger partial charge in [-0.25, -0.2) is 4.79 Å². The van der Waals surface area contributed by atoms with Gasteiger partial charge in [0.25, 0.3) is 0 Å². The molecule has 0 aliphatic rings. The van der Waals surface area contributed by atoms with Gasteiger partial charge in [-0.2, -0.15) is 0 Å². The molecule has 0 saturated heterocycles. The van der Waals surface area contributed by atoms with Crippen molar-refractivity contribution in [1.82, 2.24) is 5.32 Å². The van der Waals surface area contributed by atoms with E-state index >= 15 is 0 Å². The molecule has 0 bridgehead atoms. The van der Waals surface area contributed by atoms with E-state index in [9.17, 15) is 24.3 Å². The topological polar surface area (TPSA) is 226 Å². The summed E-state index contributed by atoms with van der Waals surface area (Å²) in [4.78, 5) is 41.5. The minimum absolute atomic E-state index is 0.0690. The SMILES string of the molecule is COc1ccc(OC)c(C(O)CNC(=O)CN)c1.O=C(O)CC(O)(CC(=O)O)C(=O)O. The zero-order valence-corrected chi connectivity index (χ0v) is 16.9. The van der Waals surface area contributed by atoms with E-state index in [-0.39, 0.29) is 19.0 Å². The van der Waals surface area contributed by atoms with E-state index < -0.39 is 42.5 Å². The van der Waals surface area contributed by atoms with Crippen molar-refractivity contribution in [3.8, 4) is 11.5 Å². The van der Waals surface area contributed by atoms with Crippen molar-refractivity contribution in [1.29, 1.82) is 0 Å². The van der Waals surface area contributed by atoms with Crippen LogP contribution in [0, 0.1) is 0 Å². The summed E-state index contributed by atoms with van der Waals surface area (Å²) in [6.45, 7) is -0.0402. The maximum Gasteiger partial charge on any atom is 0.336 e. The minimum atomic E-state index is -2.74. The smallest absolute Gasteiger partial charge is 0.336 e. The van der Waals surface area contributed by atoms with Gasteiger partial charge in [0.2, 0.25) is 5.91 Å². The number of aliphatic carboxylic acids is 3. The number of hydrogen-bond acceptors (Lipinski definition) is 9. The van der Waals surface area contributed by atoms with E-state index in [2.05, 4.69) is 5.32 Å². The van der Waals surface area contributed by atoms with E-state index in [0.29, 0.717) is 17.1 Å². The number of carbonyl (C=O) groups excluding carboxylic acids is 1. The fourth-order valence-corrected chi connectivity index (χ4v) is 2.21. The van der Waals surface area contributed by atoms with Gasteiger partial charge in [0, 0.05) is 12.1 Å². The normalized spacial score (nSPS) is 11.4. The Kier molecular flexibility index (Phi) is 11.6. The molecule has 1 unspecified atom stereocenters. The number of hydrogen-bond donors (Lipinski definition) is 7. The average molecular weight is 446 g/mol. The molecular weight excluding hydrogens is 420 g/mol. The number of methoxy groups -OCH3 is 2. The van der Waals surface area contributed by atoms with Gasteiger partial charge in [-0.1, -0.05) is 0 Å². The number of nitrogens with two attached hydrogens (primary N) is 1. The third kappa shape index (κ3) is 9.75. The van der Waals surface area contributed by atoms with Gasteiger partial charge in [0.1, 0.15) is 11.5 Å². The summed E-state index contributed by atoms with van der Waals surface area (Å²) in [5.41, 5.74) is 2.97. The number of rotatable bonds is 11. The Morgan fingerprint density at radius 1 is 1.06 bits per heavy atom. The van der Waals surface area contributed by atoms with Crippen molar-refractivity contribution in [3.63, 3.8) is 0 Å². The Morgan fingerprint density at radius 3 is 2.00 bits per heavy atom. The minimum Gasteiger partial charge on any atom is -0.497 e. The number of benzene rings is 1. The molecule has 0 saturated carbocycles. The molecule has 0 aliphatic carbocycles. The predicted octanol–water partition coefficient (Wildman–Crippen LogP) is -1.44. The van der Waals surface area contributed by atoms with Crippen molar-refractivity contribution in [3.05, 3.63) is 23.8 Å². The van der Waals surface area contributed by atoms with Crippen molar-refractivity contribution in [2.24, 2.45) is 5.73 Å². The molecule has 1 rings (SSSR count). The molecule has 13 heteroatoms. The highest BCUT2D eigenvalue weighted by molar-refractivity contribution is 5.88. The molecule has 174 valence electrons. The van der Waals surface area contributed by atoms with Crippen LogP contribution in [0.3, 0.4) is 0 Å². The zero-order chi connectivity index (χ0) is 24.2. The number of carbonyl (C=O) groups is 4. The van der Waals surface area contributed by atoms with Crippen LogP contribution in [0.4, 0.5) is 0 Å². The van der Waals surface area contributed by atoms with Crippen LogP contribution in [0.2, 0.25) is 0 Å². The molecule has 0 spiro atoms. The number of nitrogens with one attached hydrogen (secondary N) is 1. The average Bonchev–Trinajstić information content (AvgIpc) is 2.70. The van der Waals surface area contributed by atoms with E-state index in [0.717, 1.165) is 0 Å². The molecule has 1 atom stereocenters. The first kappa shape index (κ1) is 27.6.